The van der Waals surface area contributed by atoms with Crippen molar-refractivity contribution in [2.45, 2.75) is 25.8 Å². The third-order valence-corrected chi connectivity index (χ3v) is 4.04. The Balaban J connectivity index is 1.85. The highest BCUT2D eigenvalue weighted by Crippen LogP contribution is 2.32. The van der Waals surface area contributed by atoms with E-state index in [0.717, 1.165) is 12.8 Å². The molecule has 4 nitrogen and oxygen atoms in total. The zero-order chi connectivity index (χ0) is 14.7. The number of hydrogen-bond acceptors (Lipinski definition) is 3. The fourth-order valence-electron chi connectivity index (χ4n) is 1.88. The average molecular weight is 316 g/mol. The minimum Gasteiger partial charge on any atom is -0.452 e. The minimum atomic E-state index is -0.660. The first-order valence-electron chi connectivity index (χ1n) is 6.39. The zero-order valence-electron chi connectivity index (χ0n) is 11.0. The molecule has 1 N–H and O–H groups in total. The number of rotatable bonds is 5. The predicted molar refractivity (Wildman–Crippen MR) is 77.1 cm³/mol. The summed E-state index contributed by atoms with van der Waals surface area (Å²) < 4.78 is 4.93. The lowest BCUT2D eigenvalue weighted by atomic mass is 10.2. The summed E-state index contributed by atoms with van der Waals surface area (Å²) in [7, 11) is 0. The van der Waals surface area contributed by atoms with Gasteiger partial charge in [0.1, 0.15) is 0 Å². The molecule has 108 valence electrons. The van der Waals surface area contributed by atoms with Crippen LogP contribution < -0.4 is 5.32 Å². The Morgan fingerprint density at radius 3 is 2.75 bits per heavy atom. The predicted octanol–water partition coefficient (Wildman–Crippen LogP) is 3.06. The molecule has 0 aromatic heterocycles. The smallest absolute Gasteiger partial charge is 0.340 e. The van der Waals surface area contributed by atoms with Crippen LogP contribution in [0.25, 0.3) is 0 Å². The van der Waals surface area contributed by atoms with Gasteiger partial charge in [-0.15, -0.1) is 0 Å². The Hall–Kier alpha value is -1.26. The summed E-state index contributed by atoms with van der Waals surface area (Å²) >= 11 is 11.7. The summed E-state index contributed by atoms with van der Waals surface area (Å²) in [6.07, 6.45) is 2.28. The van der Waals surface area contributed by atoms with E-state index in [2.05, 4.69) is 5.32 Å². The molecule has 0 unspecified atom stereocenters. The van der Waals surface area contributed by atoms with Gasteiger partial charge in [-0.2, -0.15) is 0 Å². The molecule has 1 aromatic carbocycles. The van der Waals surface area contributed by atoms with Crippen molar-refractivity contribution < 1.29 is 14.3 Å². The normalized spacial score (nSPS) is 15.6. The second kappa shape index (κ2) is 6.46. The van der Waals surface area contributed by atoms with Gasteiger partial charge in [-0.25, -0.2) is 4.79 Å². The number of esters is 1. The van der Waals surface area contributed by atoms with E-state index in [4.69, 9.17) is 27.9 Å². The van der Waals surface area contributed by atoms with Crippen LogP contribution in [0.4, 0.5) is 0 Å². The van der Waals surface area contributed by atoms with Gasteiger partial charge in [0, 0.05) is 6.04 Å². The number of carbonyl (C=O) groups is 2. The molecule has 0 aliphatic heterocycles. The van der Waals surface area contributed by atoms with Crippen molar-refractivity contribution in [2.75, 3.05) is 6.61 Å². The molecular formula is C14H15Cl2NO3. The van der Waals surface area contributed by atoms with E-state index in [1.807, 2.05) is 6.92 Å². The maximum absolute atomic E-state index is 11.8. The van der Waals surface area contributed by atoms with Gasteiger partial charge in [0.2, 0.25) is 0 Å². The van der Waals surface area contributed by atoms with Crippen molar-refractivity contribution in [3.63, 3.8) is 0 Å². The lowest BCUT2D eigenvalue weighted by molar-refractivity contribution is -0.124. The number of hydrogen-bond donors (Lipinski definition) is 1. The second-order valence-corrected chi connectivity index (χ2v) is 5.66. The minimum absolute atomic E-state index is 0.121. The molecule has 1 atom stereocenters. The summed E-state index contributed by atoms with van der Waals surface area (Å²) in [6.45, 7) is 1.63. The van der Waals surface area contributed by atoms with Crippen LogP contribution in [0.3, 0.4) is 0 Å². The van der Waals surface area contributed by atoms with E-state index < -0.39 is 5.97 Å². The van der Waals surface area contributed by atoms with Gasteiger partial charge in [0.15, 0.2) is 6.61 Å². The summed E-state index contributed by atoms with van der Waals surface area (Å²) in [5, 5.41) is 3.20. The highest BCUT2D eigenvalue weighted by Gasteiger charge is 2.29. The van der Waals surface area contributed by atoms with Crippen molar-refractivity contribution in [2.24, 2.45) is 5.92 Å². The number of nitrogens with one attached hydrogen (secondary N) is 1. The van der Waals surface area contributed by atoms with E-state index in [-0.39, 0.29) is 34.2 Å². The van der Waals surface area contributed by atoms with Gasteiger partial charge in [-0.3, -0.25) is 4.79 Å². The fraction of sp³-hybridized carbons (Fsp3) is 0.429. The zero-order valence-corrected chi connectivity index (χ0v) is 12.5. The van der Waals surface area contributed by atoms with E-state index in [9.17, 15) is 9.59 Å². The SMILES string of the molecule is C[C@H](NC(=O)COC(=O)c1cccc(Cl)c1Cl)C1CC1. The Morgan fingerprint density at radius 2 is 2.10 bits per heavy atom. The van der Waals surface area contributed by atoms with Crippen LogP contribution in [-0.2, 0) is 9.53 Å². The lowest BCUT2D eigenvalue weighted by Gasteiger charge is -2.13. The summed E-state index contributed by atoms with van der Waals surface area (Å²) in [6, 6.07) is 4.79. The largest absolute Gasteiger partial charge is 0.452 e. The van der Waals surface area contributed by atoms with E-state index >= 15 is 0 Å². The second-order valence-electron chi connectivity index (χ2n) is 4.87. The average Bonchev–Trinajstić information content (AvgIpc) is 3.23. The summed E-state index contributed by atoms with van der Waals surface area (Å²) in [5.41, 5.74) is 0.155. The number of ether oxygens (including phenoxy) is 1. The maximum atomic E-state index is 11.8. The van der Waals surface area contributed by atoms with Crippen molar-refractivity contribution in [1.82, 2.24) is 5.32 Å². The molecule has 0 saturated heterocycles. The third-order valence-electron chi connectivity index (χ3n) is 3.22. The number of amides is 1. The van der Waals surface area contributed by atoms with Crippen LogP contribution in [0.1, 0.15) is 30.1 Å². The number of benzene rings is 1. The van der Waals surface area contributed by atoms with Crippen LogP contribution in [0, 0.1) is 5.92 Å². The molecule has 1 aliphatic rings. The molecule has 1 aromatic rings. The molecule has 1 aliphatic carbocycles. The Bertz CT molecular complexity index is 529. The topological polar surface area (TPSA) is 55.4 Å². The van der Waals surface area contributed by atoms with Crippen LogP contribution in [0.5, 0.6) is 0 Å². The molecule has 2 rings (SSSR count). The lowest BCUT2D eigenvalue weighted by Crippen LogP contribution is -2.37. The molecule has 0 spiro atoms. The van der Waals surface area contributed by atoms with E-state index in [0.29, 0.717) is 5.92 Å². The molecule has 6 heteroatoms. The van der Waals surface area contributed by atoms with Crippen molar-refractivity contribution in [1.29, 1.82) is 0 Å². The Labute approximate surface area is 127 Å². The summed E-state index contributed by atoms with van der Waals surface area (Å²) in [5.74, 6) is -0.417. The van der Waals surface area contributed by atoms with Crippen LogP contribution >= 0.6 is 23.2 Å². The number of carbonyl (C=O) groups excluding carboxylic acids is 2. The molecule has 0 bridgehead atoms. The first kappa shape index (κ1) is 15.1. The molecule has 1 fully saturated rings. The summed E-state index contributed by atoms with van der Waals surface area (Å²) in [4.78, 5) is 23.4. The van der Waals surface area contributed by atoms with Gasteiger partial charge >= 0.3 is 5.97 Å². The molecule has 0 heterocycles. The van der Waals surface area contributed by atoms with E-state index in [1.54, 1.807) is 12.1 Å². The first-order valence-corrected chi connectivity index (χ1v) is 7.15. The highest BCUT2D eigenvalue weighted by molar-refractivity contribution is 6.43. The Morgan fingerprint density at radius 1 is 1.40 bits per heavy atom. The molecule has 1 saturated carbocycles. The number of halogens is 2. The monoisotopic (exact) mass is 315 g/mol. The molecular weight excluding hydrogens is 301 g/mol. The molecule has 1 amide bonds. The quantitative estimate of drug-likeness (QED) is 0.850. The fourth-order valence-corrected chi connectivity index (χ4v) is 2.26. The van der Waals surface area contributed by atoms with Gasteiger partial charge < -0.3 is 10.1 Å². The van der Waals surface area contributed by atoms with Gasteiger partial charge in [-0.1, -0.05) is 29.3 Å². The highest BCUT2D eigenvalue weighted by atomic mass is 35.5. The van der Waals surface area contributed by atoms with Crippen LogP contribution in [0.2, 0.25) is 10.0 Å². The van der Waals surface area contributed by atoms with Crippen molar-refractivity contribution in [3.8, 4) is 0 Å². The first-order chi connectivity index (χ1) is 9.49. The van der Waals surface area contributed by atoms with Crippen LogP contribution in [-0.4, -0.2) is 24.5 Å². The maximum Gasteiger partial charge on any atom is 0.340 e. The van der Waals surface area contributed by atoms with Crippen molar-refractivity contribution >= 4 is 35.1 Å². The van der Waals surface area contributed by atoms with Gasteiger partial charge in [-0.05, 0) is 37.8 Å². The Kier molecular flexibility index (Phi) is 4.89. The van der Waals surface area contributed by atoms with Crippen molar-refractivity contribution in [3.05, 3.63) is 33.8 Å². The van der Waals surface area contributed by atoms with Crippen LogP contribution in [0.15, 0.2) is 18.2 Å². The molecule has 0 radical (unpaired) electrons. The molecule has 20 heavy (non-hydrogen) atoms. The van der Waals surface area contributed by atoms with E-state index in [1.165, 1.54) is 6.07 Å². The third kappa shape index (κ3) is 3.87. The van der Waals surface area contributed by atoms with Gasteiger partial charge in [0.05, 0.1) is 15.6 Å². The van der Waals surface area contributed by atoms with Gasteiger partial charge in [0.25, 0.3) is 5.91 Å². The standard InChI is InChI=1S/C14H15Cl2NO3/c1-8(9-5-6-9)17-12(18)7-20-14(19)10-3-2-4-11(15)13(10)16/h2-4,8-9H,5-7H2,1H3,(H,17,18)/t8-/m0/s1.